The van der Waals surface area contributed by atoms with Gasteiger partial charge in [-0.3, -0.25) is 0 Å². The second kappa shape index (κ2) is 8.00. The zero-order valence-corrected chi connectivity index (χ0v) is 14.1. The molecule has 1 aliphatic rings. The molecule has 6 nitrogen and oxygen atoms in total. The van der Waals surface area contributed by atoms with E-state index in [1.807, 2.05) is 43.3 Å². The summed E-state index contributed by atoms with van der Waals surface area (Å²) in [6.45, 7) is 3.11. The van der Waals surface area contributed by atoms with E-state index in [1.165, 1.54) is 0 Å². The van der Waals surface area contributed by atoms with Crippen molar-refractivity contribution in [2.24, 2.45) is 0 Å². The molecule has 0 bridgehead atoms. The molecule has 1 saturated heterocycles. The highest BCUT2D eigenvalue weighted by Crippen LogP contribution is 2.30. The number of aliphatic hydroxyl groups excluding tert-OH is 1. The van der Waals surface area contributed by atoms with Crippen LogP contribution in [0, 0.1) is 6.92 Å². The summed E-state index contributed by atoms with van der Waals surface area (Å²) >= 11 is 0. The van der Waals surface area contributed by atoms with Gasteiger partial charge in [-0.1, -0.05) is 24.3 Å². The molecule has 3 rings (SSSR count). The molecule has 2 N–H and O–H groups in total. The molecule has 1 fully saturated rings. The first-order valence-electron chi connectivity index (χ1n) is 8.27. The van der Waals surface area contributed by atoms with Crippen LogP contribution in [0.15, 0.2) is 48.5 Å². The van der Waals surface area contributed by atoms with Crippen LogP contribution in [0.1, 0.15) is 5.56 Å². The maximum absolute atomic E-state index is 12.6. The molecule has 2 aromatic carbocycles. The van der Waals surface area contributed by atoms with Crippen molar-refractivity contribution >= 4 is 11.7 Å². The van der Waals surface area contributed by atoms with Crippen LogP contribution in [0.2, 0.25) is 0 Å². The number of rotatable bonds is 4. The van der Waals surface area contributed by atoms with Crippen molar-refractivity contribution in [2.75, 3.05) is 31.7 Å². The smallest absolute Gasteiger partial charge is 0.322 e. The van der Waals surface area contributed by atoms with Gasteiger partial charge in [0.15, 0.2) is 5.75 Å². The van der Waals surface area contributed by atoms with E-state index in [0.717, 1.165) is 5.56 Å². The summed E-state index contributed by atoms with van der Waals surface area (Å²) in [6.07, 6.45) is 0. The number of morpholine rings is 1. The van der Waals surface area contributed by atoms with Crippen LogP contribution in [-0.4, -0.2) is 48.4 Å². The maximum Gasteiger partial charge on any atom is 0.322 e. The zero-order chi connectivity index (χ0) is 17.6. The summed E-state index contributed by atoms with van der Waals surface area (Å²) < 4.78 is 11.2. The summed E-state index contributed by atoms with van der Waals surface area (Å²) in [6, 6.07) is 14.4. The summed E-state index contributed by atoms with van der Waals surface area (Å²) in [4.78, 5) is 14.2. The lowest BCUT2D eigenvalue weighted by Crippen LogP contribution is -2.52. The van der Waals surface area contributed by atoms with Gasteiger partial charge < -0.3 is 24.8 Å². The quantitative estimate of drug-likeness (QED) is 0.896. The molecule has 0 radical (unpaired) electrons. The number of aryl methyl sites for hydroxylation is 1. The molecule has 132 valence electrons. The standard InChI is InChI=1S/C19H22N2O4/c1-14-5-4-6-16(11-14)25-18-8-3-2-7-17(18)20-19(23)21-9-10-24-13-15(21)12-22/h2-8,11,15,22H,9-10,12-13H2,1H3,(H,20,23). The van der Waals surface area contributed by atoms with Gasteiger partial charge in [0, 0.05) is 6.54 Å². The molecule has 6 heteroatoms. The van der Waals surface area contributed by atoms with E-state index in [2.05, 4.69) is 5.32 Å². The van der Waals surface area contributed by atoms with Crippen molar-refractivity contribution in [3.8, 4) is 11.5 Å². The molecule has 0 aromatic heterocycles. The van der Waals surface area contributed by atoms with Crippen molar-refractivity contribution in [1.82, 2.24) is 4.90 Å². The van der Waals surface area contributed by atoms with E-state index in [9.17, 15) is 9.90 Å². The molecule has 2 aromatic rings. The van der Waals surface area contributed by atoms with Gasteiger partial charge in [-0.25, -0.2) is 4.79 Å². The Kier molecular flexibility index (Phi) is 5.53. The second-order valence-corrected chi connectivity index (χ2v) is 5.95. The monoisotopic (exact) mass is 342 g/mol. The van der Waals surface area contributed by atoms with E-state index >= 15 is 0 Å². The number of nitrogens with zero attached hydrogens (tertiary/aromatic N) is 1. The van der Waals surface area contributed by atoms with Gasteiger partial charge in [0.1, 0.15) is 5.75 Å². The van der Waals surface area contributed by atoms with Gasteiger partial charge in [0.25, 0.3) is 0 Å². The SMILES string of the molecule is Cc1cccc(Oc2ccccc2NC(=O)N2CCOCC2CO)c1. The minimum atomic E-state index is -0.335. The number of hydrogen-bond donors (Lipinski definition) is 2. The highest BCUT2D eigenvalue weighted by atomic mass is 16.5. The number of para-hydroxylation sites is 2. The molecule has 1 unspecified atom stereocenters. The second-order valence-electron chi connectivity index (χ2n) is 5.95. The Hall–Kier alpha value is -2.57. The fraction of sp³-hybridized carbons (Fsp3) is 0.316. The lowest BCUT2D eigenvalue weighted by molar-refractivity contribution is -0.00485. The molecule has 1 aliphatic heterocycles. The molecule has 1 atom stereocenters. The number of hydrogen-bond acceptors (Lipinski definition) is 4. The molecule has 0 spiro atoms. The molecular formula is C19H22N2O4. The fourth-order valence-electron chi connectivity index (χ4n) is 2.73. The number of carbonyl (C=O) groups excluding carboxylic acids is 1. The average molecular weight is 342 g/mol. The van der Waals surface area contributed by atoms with Gasteiger partial charge in [0.2, 0.25) is 0 Å². The van der Waals surface area contributed by atoms with Crippen molar-refractivity contribution in [1.29, 1.82) is 0 Å². The van der Waals surface area contributed by atoms with E-state index in [-0.39, 0.29) is 18.7 Å². The third-order valence-corrected chi connectivity index (χ3v) is 4.05. The zero-order valence-electron chi connectivity index (χ0n) is 14.1. The molecule has 0 saturated carbocycles. The summed E-state index contributed by atoms with van der Waals surface area (Å²) in [5.74, 6) is 1.27. The maximum atomic E-state index is 12.6. The third-order valence-electron chi connectivity index (χ3n) is 4.05. The van der Waals surface area contributed by atoms with Crippen LogP contribution in [-0.2, 0) is 4.74 Å². The highest BCUT2D eigenvalue weighted by Gasteiger charge is 2.27. The molecule has 25 heavy (non-hydrogen) atoms. The van der Waals surface area contributed by atoms with Crippen LogP contribution in [0.5, 0.6) is 11.5 Å². The normalized spacial score (nSPS) is 17.2. The Morgan fingerprint density at radius 1 is 1.32 bits per heavy atom. The summed E-state index contributed by atoms with van der Waals surface area (Å²) in [5, 5.41) is 12.3. The van der Waals surface area contributed by atoms with Crippen LogP contribution in [0.4, 0.5) is 10.5 Å². The number of urea groups is 1. The van der Waals surface area contributed by atoms with Gasteiger partial charge in [0.05, 0.1) is 31.5 Å². The van der Waals surface area contributed by atoms with Crippen molar-refractivity contribution < 1.29 is 19.4 Å². The van der Waals surface area contributed by atoms with Crippen LogP contribution in [0.25, 0.3) is 0 Å². The fourth-order valence-corrected chi connectivity index (χ4v) is 2.73. The van der Waals surface area contributed by atoms with E-state index < -0.39 is 0 Å². The number of aliphatic hydroxyl groups is 1. The molecule has 2 amide bonds. The Balaban J connectivity index is 1.75. The third kappa shape index (κ3) is 4.29. The Morgan fingerprint density at radius 2 is 2.16 bits per heavy atom. The Labute approximate surface area is 147 Å². The largest absolute Gasteiger partial charge is 0.455 e. The van der Waals surface area contributed by atoms with Gasteiger partial charge in [-0.05, 0) is 36.8 Å². The number of anilines is 1. The summed E-state index contributed by atoms with van der Waals surface area (Å²) in [5.41, 5.74) is 1.68. The summed E-state index contributed by atoms with van der Waals surface area (Å²) in [7, 11) is 0. The van der Waals surface area contributed by atoms with Crippen molar-refractivity contribution in [3.05, 3.63) is 54.1 Å². The average Bonchev–Trinajstić information content (AvgIpc) is 2.63. The number of amides is 2. The highest BCUT2D eigenvalue weighted by molar-refractivity contribution is 5.91. The van der Waals surface area contributed by atoms with Gasteiger partial charge in [-0.2, -0.15) is 0 Å². The van der Waals surface area contributed by atoms with E-state index in [4.69, 9.17) is 9.47 Å². The molecule has 0 aliphatic carbocycles. The number of carbonyl (C=O) groups is 1. The lowest BCUT2D eigenvalue weighted by atomic mass is 10.2. The van der Waals surface area contributed by atoms with Gasteiger partial charge >= 0.3 is 6.03 Å². The number of benzene rings is 2. The van der Waals surface area contributed by atoms with E-state index in [1.54, 1.807) is 17.0 Å². The molecular weight excluding hydrogens is 320 g/mol. The minimum Gasteiger partial charge on any atom is -0.455 e. The van der Waals surface area contributed by atoms with Crippen LogP contribution >= 0.6 is 0 Å². The first-order chi connectivity index (χ1) is 12.2. The van der Waals surface area contributed by atoms with Gasteiger partial charge in [-0.15, -0.1) is 0 Å². The minimum absolute atomic E-state index is 0.130. The Morgan fingerprint density at radius 3 is 2.96 bits per heavy atom. The first kappa shape index (κ1) is 17.3. The first-order valence-corrected chi connectivity index (χ1v) is 8.27. The van der Waals surface area contributed by atoms with Crippen molar-refractivity contribution in [2.45, 2.75) is 13.0 Å². The topological polar surface area (TPSA) is 71.0 Å². The predicted molar refractivity (Wildman–Crippen MR) is 95.1 cm³/mol. The Bertz CT molecular complexity index is 735. The molecule has 1 heterocycles. The number of nitrogens with one attached hydrogen (secondary N) is 1. The van der Waals surface area contributed by atoms with Crippen LogP contribution in [0.3, 0.4) is 0 Å². The van der Waals surface area contributed by atoms with Crippen LogP contribution < -0.4 is 10.1 Å². The van der Waals surface area contributed by atoms with Crippen molar-refractivity contribution in [3.63, 3.8) is 0 Å². The lowest BCUT2D eigenvalue weighted by Gasteiger charge is -2.34. The number of ether oxygens (including phenoxy) is 2. The van der Waals surface area contributed by atoms with E-state index in [0.29, 0.717) is 36.9 Å². The predicted octanol–water partition coefficient (Wildman–Crippen LogP) is 3.01.